The lowest BCUT2D eigenvalue weighted by atomic mass is 9.86. The van der Waals surface area contributed by atoms with Crippen LogP contribution in [0, 0.1) is 0 Å². The molecule has 0 bridgehead atoms. The number of para-hydroxylation sites is 1. The first-order chi connectivity index (χ1) is 13.8. The number of hydrogen-bond donors (Lipinski definition) is 1. The monoisotopic (exact) mass is 376 g/mol. The van der Waals surface area contributed by atoms with E-state index in [0.717, 1.165) is 43.6 Å². The molecule has 1 amide bonds. The Balaban J connectivity index is 1.43. The number of carbonyl (C=O) groups is 1. The molecule has 2 aromatic heterocycles. The summed E-state index contributed by atoms with van der Waals surface area (Å²) in [6.07, 6.45) is 7.93. The quantitative estimate of drug-likeness (QED) is 0.756. The fourth-order valence-corrected chi connectivity index (χ4v) is 4.49. The van der Waals surface area contributed by atoms with Crippen molar-refractivity contribution in [2.24, 2.45) is 0 Å². The molecule has 0 radical (unpaired) electrons. The number of amides is 1. The molecule has 144 valence electrons. The smallest absolute Gasteiger partial charge is 0.250 e. The van der Waals surface area contributed by atoms with Crippen LogP contribution < -0.4 is 5.32 Å². The molecule has 3 aromatic rings. The van der Waals surface area contributed by atoms with Crippen LogP contribution in [0.5, 0.6) is 0 Å². The summed E-state index contributed by atoms with van der Waals surface area (Å²) in [5.41, 5.74) is 2.82. The number of benzene rings is 1. The summed E-state index contributed by atoms with van der Waals surface area (Å²) in [5, 5.41) is 12.4. The topological polar surface area (TPSA) is 68.0 Å². The molecule has 0 unspecified atom stereocenters. The number of aromatic nitrogens is 4. The van der Waals surface area contributed by atoms with Gasteiger partial charge in [0.2, 0.25) is 0 Å². The molecule has 28 heavy (non-hydrogen) atoms. The van der Waals surface area contributed by atoms with Gasteiger partial charge < -0.3 is 10.2 Å². The van der Waals surface area contributed by atoms with E-state index in [0.29, 0.717) is 13.1 Å². The van der Waals surface area contributed by atoms with Crippen LogP contribution in [-0.2, 0) is 23.3 Å². The van der Waals surface area contributed by atoms with Crippen LogP contribution in [0.3, 0.4) is 0 Å². The lowest BCUT2D eigenvalue weighted by Gasteiger charge is -2.41. The summed E-state index contributed by atoms with van der Waals surface area (Å²) in [4.78, 5) is 15.7. The van der Waals surface area contributed by atoms with Gasteiger partial charge in [0.25, 0.3) is 5.91 Å². The number of hydrogen-bond acceptors (Lipinski definition) is 4. The Hall–Kier alpha value is -2.93. The Morgan fingerprint density at radius 3 is 2.64 bits per heavy atom. The van der Waals surface area contributed by atoms with Crippen molar-refractivity contribution < 1.29 is 4.79 Å². The fourth-order valence-electron chi connectivity index (χ4n) is 4.49. The molecular formula is C21H24N6O. The third-order valence-electron chi connectivity index (χ3n) is 5.99. The van der Waals surface area contributed by atoms with Crippen LogP contribution in [-0.4, -0.2) is 50.0 Å². The molecular weight excluding hydrogens is 352 g/mol. The van der Waals surface area contributed by atoms with Gasteiger partial charge in [0.1, 0.15) is 5.54 Å². The molecule has 1 aromatic carbocycles. The Morgan fingerprint density at radius 1 is 1.07 bits per heavy atom. The number of fused-ring (bicyclic) bond motifs is 1. The molecule has 7 nitrogen and oxygen atoms in total. The second kappa shape index (κ2) is 6.91. The first kappa shape index (κ1) is 17.2. The van der Waals surface area contributed by atoms with Gasteiger partial charge in [-0.05, 0) is 44.1 Å². The van der Waals surface area contributed by atoms with E-state index >= 15 is 0 Å². The molecule has 5 rings (SSSR count). The van der Waals surface area contributed by atoms with Crippen molar-refractivity contribution in [1.82, 2.24) is 29.8 Å². The average molecular weight is 376 g/mol. The largest absolute Gasteiger partial charge is 0.336 e. The molecule has 2 aliphatic rings. The van der Waals surface area contributed by atoms with Crippen LogP contribution in [0.1, 0.15) is 24.1 Å². The highest BCUT2D eigenvalue weighted by atomic mass is 16.2. The van der Waals surface area contributed by atoms with Crippen LogP contribution in [0.4, 0.5) is 0 Å². The number of nitrogens with one attached hydrogen (secondary N) is 1. The van der Waals surface area contributed by atoms with Gasteiger partial charge in [-0.3, -0.25) is 9.48 Å². The van der Waals surface area contributed by atoms with Crippen molar-refractivity contribution >= 4 is 5.91 Å². The van der Waals surface area contributed by atoms with Crippen molar-refractivity contribution in [3.63, 3.8) is 0 Å². The number of rotatable bonds is 3. The van der Waals surface area contributed by atoms with Gasteiger partial charge >= 0.3 is 0 Å². The van der Waals surface area contributed by atoms with E-state index in [2.05, 4.69) is 27.6 Å². The highest BCUT2D eigenvalue weighted by Crippen LogP contribution is 2.32. The molecule has 1 N–H and O–H groups in total. The Bertz CT molecular complexity index is 956. The van der Waals surface area contributed by atoms with Crippen LogP contribution in [0.2, 0.25) is 0 Å². The van der Waals surface area contributed by atoms with E-state index in [9.17, 15) is 4.79 Å². The van der Waals surface area contributed by atoms with Crippen molar-refractivity contribution in [3.8, 4) is 5.69 Å². The normalized spacial score (nSPS) is 18.6. The minimum atomic E-state index is -0.582. The van der Waals surface area contributed by atoms with Crippen LogP contribution in [0.25, 0.3) is 5.69 Å². The molecule has 0 atom stereocenters. The van der Waals surface area contributed by atoms with E-state index in [4.69, 9.17) is 0 Å². The predicted octanol–water partition coefficient (Wildman–Crippen LogP) is 1.73. The minimum Gasteiger partial charge on any atom is -0.336 e. The summed E-state index contributed by atoms with van der Waals surface area (Å²) >= 11 is 0. The minimum absolute atomic E-state index is 0.177. The molecule has 2 aliphatic heterocycles. The standard InChI is InChI=1S/C21H24N6O/c28-20(21(8-11-22-12-9-21)26-13-4-10-23-26)25-14-7-19-17(16-25)15-24-27(19)18-5-2-1-3-6-18/h1-6,10,13,15,22H,7-9,11-12,14,16H2. The lowest BCUT2D eigenvalue weighted by molar-refractivity contribution is -0.144. The Labute approximate surface area is 164 Å². The summed E-state index contributed by atoms with van der Waals surface area (Å²) in [7, 11) is 0. The van der Waals surface area contributed by atoms with Crippen LogP contribution in [0.15, 0.2) is 55.0 Å². The van der Waals surface area contributed by atoms with E-state index in [1.807, 2.05) is 50.9 Å². The molecule has 1 saturated heterocycles. The van der Waals surface area contributed by atoms with E-state index in [-0.39, 0.29) is 5.91 Å². The molecule has 7 heteroatoms. The SMILES string of the molecule is O=C(N1CCc2c(cnn2-c2ccccc2)C1)C1(n2cccn2)CCNCC1. The van der Waals surface area contributed by atoms with Crippen molar-refractivity contribution in [2.45, 2.75) is 31.3 Å². The third kappa shape index (κ3) is 2.74. The fraction of sp³-hybridized carbons (Fsp3) is 0.381. The summed E-state index contributed by atoms with van der Waals surface area (Å²) in [5.74, 6) is 0.177. The van der Waals surface area contributed by atoms with E-state index in [1.165, 1.54) is 5.69 Å². The molecule has 0 spiro atoms. The summed E-state index contributed by atoms with van der Waals surface area (Å²) < 4.78 is 3.88. The Morgan fingerprint density at radius 2 is 1.89 bits per heavy atom. The zero-order valence-corrected chi connectivity index (χ0v) is 15.8. The third-order valence-corrected chi connectivity index (χ3v) is 5.99. The molecule has 4 heterocycles. The maximum atomic E-state index is 13.7. The Kier molecular flexibility index (Phi) is 4.24. The number of piperidine rings is 1. The van der Waals surface area contributed by atoms with E-state index in [1.54, 1.807) is 6.20 Å². The predicted molar refractivity (Wildman–Crippen MR) is 105 cm³/mol. The summed E-state index contributed by atoms with van der Waals surface area (Å²) in [6, 6.07) is 12.1. The van der Waals surface area contributed by atoms with Crippen molar-refractivity contribution in [3.05, 3.63) is 66.2 Å². The summed E-state index contributed by atoms with van der Waals surface area (Å²) in [6.45, 7) is 2.98. The van der Waals surface area contributed by atoms with Gasteiger partial charge in [-0.25, -0.2) is 4.68 Å². The first-order valence-corrected chi connectivity index (χ1v) is 9.89. The zero-order valence-electron chi connectivity index (χ0n) is 15.8. The second-order valence-corrected chi connectivity index (χ2v) is 7.57. The van der Waals surface area contributed by atoms with Crippen LogP contribution >= 0.6 is 0 Å². The van der Waals surface area contributed by atoms with Gasteiger partial charge in [0, 0.05) is 37.5 Å². The maximum Gasteiger partial charge on any atom is 0.250 e. The van der Waals surface area contributed by atoms with E-state index < -0.39 is 5.54 Å². The molecule has 1 fully saturated rings. The zero-order chi connectivity index (χ0) is 19.0. The highest BCUT2D eigenvalue weighted by Gasteiger charge is 2.45. The van der Waals surface area contributed by atoms with Gasteiger partial charge in [-0.15, -0.1) is 0 Å². The number of nitrogens with zero attached hydrogens (tertiary/aromatic N) is 5. The first-order valence-electron chi connectivity index (χ1n) is 9.89. The lowest BCUT2D eigenvalue weighted by Crippen LogP contribution is -2.56. The number of carbonyl (C=O) groups excluding carboxylic acids is 1. The molecule has 0 aliphatic carbocycles. The van der Waals surface area contributed by atoms with Gasteiger partial charge in [0.15, 0.2) is 0 Å². The average Bonchev–Trinajstić information content (AvgIpc) is 3.44. The second-order valence-electron chi connectivity index (χ2n) is 7.57. The van der Waals surface area contributed by atoms with Crippen molar-refractivity contribution in [1.29, 1.82) is 0 Å². The van der Waals surface area contributed by atoms with Gasteiger partial charge in [0.05, 0.1) is 17.6 Å². The highest BCUT2D eigenvalue weighted by molar-refractivity contribution is 5.85. The maximum absolute atomic E-state index is 13.7. The van der Waals surface area contributed by atoms with Gasteiger partial charge in [-0.1, -0.05) is 18.2 Å². The van der Waals surface area contributed by atoms with Crippen molar-refractivity contribution in [2.75, 3.05) is 19.6 Å². The molecule has 0 saturated carbocycles. The van der Waals surface area contributed by atoms with Gasteiger partial charge in [-0.2, -0.15) is 10.2 Å².